The Morgan fingerprint density at radius 2 is 2.15 bits per heavy atom. The molecule has 1 unspecified atom stereocenters. The molecule has 3 heterocycles. The lowest BCUT2D eigenvalue weighted by Crippen LogP contribution is -2.30. The van der Waals surface area contributed by atoms with Crippen LogP contribution in [0, 0.1) is 0 Å². The molecule has 0 spiro atoms. The first kappa shape index (κ1) is 13.6. The molecule has 0 N–H and O–H groups in total. The number of aromatic nitrogens is 3. The third-order valence-electron chi connectivity index (χ3n) is 4.18. The standard InChI is InChI=1S/C16H24N4/c1-5-19-11-7-9-13(19)15-18-12-8-6-10-17-14(12)20(15)16(2,3)4/h6,8,10,13H,5,7,9,11H2,1-4H3. The number of hydrogen-bond acceptors (Lipinski definition) is 3. The number of likely N-dealkylation sites (tertiary alicyclic amines) is 1. The number of rotatable bonds is 2. The van der Waals surface area contributed by atoms with E-state index in [0.717, 1.165) is 17.7 Å². The van der Waals surface area contributed by atoms with Gasteiger partial charge in [-0.1, -0.05) is 6.92 Å². The maximum absolute atomic E-state index is 4.92. The van der Waals surface area contributed by atoms with E-state index in [9.17, 15) is 0 Å². The minimum Gasteiger partial charge on any atom is -0.306 e. The van der Waals surface area contributed by atoms with Crippen LogP contribution in [0.5, 0.6) is 0 Å². The van der Waals surface area contributed by atoms with Gasteiger partial charge in [-0.15, -0.1) is 0 Å². The second kappa shape index (κ2) is 4.85. The molecule has 108 valence electrons. The van der Waals surface area contributed by atoms with Crippen molar-refractivity contribution in [2.75, 3.05) is 13.1 Å². The van der Waals surface area contributed by atoms with Crippen molar-refractivity contribution < 1.29 is 0 Å². The first-order valence-corrected chi connectivity index (χ1v) is 7.60. The van der Waals surface area contributed by atoms with E-state index < -0.39 is 0 Å². The van der Waals surface area contributed by atoms with E-state index >= 15 is 0 Å². The van der Waals surface area contributed by atoms with Crippen LogP contribution in [0.15, 0.2) is 18.3 Å². The van der Waals surface area contributed by atoms with Crippen molar-refractivity contribution in [2.24, 2.45) is 0 Å². The molecule has 1 aliphatic rings. The molecule has 20 heavy (non-hydrogen) atoms. The van der Waals surface area contributed by atoms with Gasteiger partial charge in [-0.2, -0.15) is 0 Å². The number of imidazole rings is 1. The zero-order chi connectivity index (χ0) is 14.3. The van der Waals surface area contributed by atoms with Gasteiger partial charge in [-0.25, -0.2) is 9.97 Å². The number of fused-ring (bicyclic) bond motifs is 1. The van der Waals surface area contributed by atoms with Gasteiger partial charge in [-0.05, 0) is 58.8 Å². The van der Waals surface area contributed by atoms with Crippen LogP contribution in [0.3, 0.4) is 0 Å². The van der Waals surface area contributed by atoms with Gasteiger partial charge in [0.05, 0.1) is 6.04 Å². The lowest BCUT2D eigenvalue weighted by atomic mass is 10.1. The summed E-state index contributed by atoms with van der Waals surface area (Å²) in [5, 5.41) is 0. The van der Waals surface area contributed by atoms with Gasteiger partial charge in [0.25, 0.3) is 0 Å². The lowest BCUT2D eigenvalue weighted by molar-refractivity contribution is 0.244. The molecule has 1 fully saturated rings. The van der Waals surface area contributed by atoms with Crippen molar-refractivity contribution in [3.8, 4) is 0 Å². The highest BCUT2D eigenvalue weighted by Gasteiger charge is 2.32. The van der Waals surface area contributed by atoms with Gasteiger partial charge < -0.3 is 4.57 Å². The van der Waals surface area contributed by atoms with E-state index in [4.69, 9.17) is 4.98 Å². The average molecular weight is 272 g/mol. The summed E-state index contributed by atoms with van der Waals surface area (Å²) in [7, 11) is 0. The van der Waals surface area contributed by atoms with Gasteiger partial charge >= 0.3 is 0 Å². The van der Waals surface area contributed by atoms with Gasteiger partial charge in [-0.3, -0.25) is 4.90 Å². The summed E-state index contributed by atoms with van der Waals surface area (Å²) < 4.78 is 2.33. The molecule has 1 atom stereocenters. The molecular weight excluding hydrogens is 248 g/mol. The summed E-state index contributed by atoms with van der Waals surface area (Å²) in [6, 6.07) is 4.48. The van der Waals surface area contributed by atoms with Crippen molar-refractivity contribution in [2.45, 2.75) is 52.1 Å². The Labute approximate surface area is 120 Å². The van der Waals surface area contributed by atoms with Crippen LogP contribution < -0.4 is 0 Å². The topological polar surface area (TPSA) is 34.0 Å². The molecule has 1 saturated heterocycles. The number of hydrogen-bond donors (Lipinski definition) is 0. The van der Waals surface area contributed by atoms with E-state index in [2.05, 4.69) is 48.2 Å². The molecule has 0 saturated carbocycles. The first-order chi connectivity index (χ1) is 9.52. The molecule has 4 heteroatoms. The zero-order valence-corrected chi connectivity index (χ0v) is 12.9. The number of nitrogens with zero attached hydrogens (tertiary/aromatic N) is 4. The van der Waals surface area contributed by atoms with Crippen LogP contribution in [0.1, 0.15) is 52.4 Å². The van der Waals surface area contributed by atoms with Crippen LogP contribution in [0.4, 0.5) is 0 Å². The zero-order valence-electron chi connectivity index (χ0n) is 12.9. The highest BCUT2D eigenvalue weighted by Crippen LogP contribution is 2.35. The first-order valence-electron chi connectivity index (χ1n) is 7.60. The van der Waals surface area contributed by atoms with Gasteiger partial charge in [0, 0.05) is 11.7 Å². The summed E-state index contributed by atoms with van der Waals surface area (Å²) in [6.45, 7) is 11.2. The van der Waals surface area contributed by atoms with Crippen molar-refractivity contribution in [3.05, 3.63) is 24.2 Å². The highest BCUT2D eigenvalue weighted by molar-refractivity contribution is 5.71. The highest BCUT2D eigenvalue weighted by atomic mass is 15.3. The fourth-order valence-electron chi connectivity index (χ4n) is 3.31. The third kappa shape index (κ3) is 2.12. The fraction of sp³-hybridized carbons (Fsp3) is 0.625. The molecule has 2 aromatic rings. The molecule has 0 aromatic carbocycles. The molecule has 2 aromatic heterocycles. The minimum absolute atomic E-state index is 0.000435. The molecule has 3 rings (SSSR count). The van der Waals surface area contributed by atoms with E-state index in [1.165, 1.54) is 25.2 Å². The van der Waals surface area contributed by atoms with E-state index in [-0.39, 0.29) is 5.54 Å². The van der Waals surface area contributed by atoms with Crippen molar-refractivity contribution >= 4 is 11.2 Å². The molecule has 0 bridgehead atoms. The van der Waals surface area contributed by atoms with Crippen molar-refractivity contribution in [1.82, 2.24) is 19.4 Å². The Morgan fingerprint density at radius 1 is 1.35 bits per heavy atom. The maximum atomic E-state index is 4.92. The summed E-state index contributed by atoms with van der Waals surface area (Å²) in [6.07, 6.45) is 4.33. The van der Waals surface area contributed by atoms with E-state index in [1.807, 2.05) is 12.3 Å². The van der Waals surface area contributed by atoms with Crippen LogP contribution in [0.2, 0.25) is 0 Å². The van der Waals surface area contributed by atoms with Gasteiger partial charge in [0.1, 0.15) is 11.3 Å². The summed E-state index contributed by atoms with van der Waals surface area (Å²) >= 11 is 0. The van der Waals surface area contributed by atoms with Crippen molar-refractivity contribution in [1.29, 1.82) is 0 Å². The quantitative estimate of drug-likeness (QED) is 0.841. The van der Waals surface area contributed by atoms with Crippen molar-refractivity contribution in [3.63, 3.8) is 0 Å². The summed E-state index contributed by atoms with van der Waals surface area (Å²) in [5.41, 5.74) is 2.03. The molecule has 1 aliphatic heterocycles. The predicted octanol–water partition coefficient (Wildman–Crippen LogP) is 3.34. The van der Waals surface area contributed by atoms with Gasteiger partial charge in [0.15, 0.2) is 5.65 Å². The molecular formula is C16H24N4. The monoisotopic (exact) mass is 272 g/mol. The van der Waals surface area contributed by atoms with E-state index in [1.54, 1.807) is 0 Å². The smallest absolute Gasteiger partial charge is 0.160 e. The molecule has 0 radical (unpaired) electrons. The normalized spacial score (nSPS) is 20.9. The Bertz CT molecular complexity index is 608. The Hall–Kier alpha value is -1.42. The largest absolute Gasteiger partial charge is 0.306 e. The average Bonchev–Trinajstić information content (AvgIpc) is 3.01. The third-order valence-corrected chi connectivity index (χ3v) is 4.18. The SMILES string of the molecule is CCN1CCCC1c1nc2cccnc2n1C(C)(C)C. The van der Waals surface area contributed by atoms with E-state index in [0.29, 0.717) is 6.04 Å². The predicted molar refractivity (Wildman–Crippen MR) is 81.7 cm³/mol. The van der Waals surface area contributed by atoms with Crippen LogP contribution in [-0.2, 0) is 5.54 Å². The molecule has 0 aliphatic carbocycles. The number of pyridine rings is 1. The van der Waals surface area contributed by atoms with Crippen LogP contribution in [-0.4, -0.2) is 32.5 Å². The Morgan fingerprint density at radius 3 is 2.85 bits per heavy atom. The summed E-state index contributed by atoms with van der Waals surface area (Å²) in [5.74, 6) is 1.19. The summed E-state index contributed by atoms with van der Waals surface area (Å²) in [4.78, 5) is 12.0. The van der Waals surface area contributed by atoms with Crippen LogP contribution in [0.25, 0.3) is 11.2 Å². The van der Waals surface area contributed by atoms with Gasteiger partial charge in [0.2, 0.25) is 0 Å². The maximum Gasteiger partial charge on any atom is 0.160 e. The fourth-order valence-corrected chi connectivity index (χ4v) is 3.31. The molecule has 0 amide bonds. The minimum atomic E-state index is 0.000435. The molecule has 4 nitrogen and oxygen atoms in total. The second-order valence-electron chi connectivity index (χ2n) is 6.61. The Kier molecular flexibility index (Phi) is 3.28. The van der Waals surface area contributed by atoms with Crippen LogP contribution >= 0.6 is 0 Å². The second-order valence-corrected chi connectivity index (χ2v) is 6.61. The Balaban J connectivity index is 2.19. The lowest BCUT2D eigenvalue weighted by Gasteiger charge is -2.29.